The Morgan fingerprint density at radius 1 is 0.461 bits per heavy atom. The third kappa shape index (κ3) is 10.1. The van der Waals surface area contributed by atoms with Crippen molar-refractivity contribution >= 4 is 38.9 Å². The summed E-state index contributed by atoms with van der Waals surface area (Å²) in [5, 5.41) is 2.20. The van der Waals surface area contributed by atoms with Gasteiger partial charge in [0.2, 0.25) is 0 Å². The summed E-state index contributed by atoms with van der Waals surface area (Å²) in [5.41, 5.74) is 14.9. The van der Waals surface area contributed by atoms with Crippen LogP contribution in [0.25, 0.3) is 44.4 Å². The Kier molecular flexibility index (Phi) is 13.9. The van der Waals surface area contributed by atoms with Crippen LogP contribution in [0, 0.1) is 18.8 Å². The van der Waals surface area contributed by atoms with E-state index >= 15 is 0 Å². The Bertz CT molecular complexity index is 3730. The van der Waals surface area contributed by atoms with Crippen molar-refractivity contribution in [3.05, 3.63) is 264 Å². The molecule has 0 amide bonds. The molecule has 0 bridgehead atoms. The van der Waals surface area contributed by atoms with E-state index in [2.05, 4.69) is 297 Å². The van der Waals surface area contributed by atoms with Crippen molar-refractivity contribution in [2.24, 2.45) is 0 Å². The maximum Gasteiger partial charge on any atom is 0.135 e. The van der Waals surface area contributed by atoms with Crippen molar-refractivity contribution in [3.63, 3.8) is 0 Å². The van der Waals surface area contributed by atoms with Crippen LogP contribution < -0.4 is 14.5 Å². The van der Waals surface area contributed by atoms with Crippen molar-refractivity contribution in [3.8, 4) is 28.4 Å². The first kappa shape index (κ1) is 52.0. The molecule has 8 aromatic carbocycles. The average molecular weight is 1170 g/mol. The van der Waals surface area contributed by atoms with Crippen LogP contribution in [0.3, 0.4) is 0 Å². The first-order valence-electron chi connectivity index (χ1n) is 26.2. The van der Waals surface area contributed by atoms with Crippen molar-refractivity contribution in [2.75, 3.05) is 9.80 Å². The van der Waals surface area contributed by atoms with E-state index < -0.39 is 0 Å². The molecule has 5 nitrogen and oxygen atoms in total. The number of fused-ring (bicyclic) bond motifs is 3. The van der Waals surface area contributed by atoms with Gasteiger partial charge >= 0.3 is 0 Å². The average Bonchev–Trinajstić information content (AvgIpc) is 4.02. The fourth-order valence-electron chi connectivity index (χ4n) is 10.4. The molecule has 76 heavy (non-hydrogen) atoms. The maximum absolute atomic E-state index is 7.03. The van der Waals surface area contributed by atoms with E-state index in [1.807, 2.05) is 12.3 Å². The van der Waals surface area contributed by atoms with Gasteiger partial charge in [0, 0.05) is 66.5 Å². The molecule has 3 heterocycles. The third-order valence-corrected chi connectivity index (χ3v) is 15.3. The second kappa shape index (κ2) is 20.2. The van der Waals surface area contributed by atoms with Gasteiger partial charge in [-0.15, -0.1) is 53.6 Å². The van der Waals surface area contributed by atoms with E-state index in [0.29, 0.717) is 11.5 Å². The minimum atomic E-state index is -0.269. The van der Waals surface area contributed by atoms with Gasteiger partial charge < -0.3 is 19.1 Å². The van der Waals surface area contributed by atoms with Gasteiger partial charge in [0.1, 0.15) is 5.82 Å². The number of nitrogens with zero attached hydrogens (tertiary/aromatic N) is 4. The summed E-state index contributed by atoms with van der Waals surface area (Å²) in [4.78, 5) is 9.59. The van der Waals surface area contributed by atoms with Gasteiger partial charge in [-0.05, 0) is 97.3 Å². The van der Waals surface area contributed by atoms with Crippen molar-refractivity contribution < 1.29 is 25.8 Å². The molecular weight excluding hydrogens is 1110 g/mol. The predicted molar refractivity (Wildman–Crippen MR) is 313 cm³/mol. The van der Waals surface area contributed by atoms with Gasteiger partial charge in [0.15, 0.2) is 0 Å². The molecule has 2 aromatic heterocycles. The monoisotopic (exact) mass is 1170 g/mol. The minimum absolute atomic E-state index is 0. The topological polar surface area (TPSA) is 33.5 Å². The van der Waals surface area contributed by atoms with Gasteiger partial charge in [-0.1, -0.05) is 214 Å². The first-order chi connectivity index (χ1) is 35.9. The summed E-state index contributed by atoms with van der Waals surface area (Å²) in [7, 11) is 0. The van der Waals surface area contributed by atoms with E-state index in [-0.39, 0.29) is 42.7 Å². The third-order valence-electron chi connectivity index (χ3n) is 15.3. The molecule has 0 aliphatic carbocycles. The fourth-order valence-corrected chi connectivity index (χ4v) is 10.4. The van der Waals surface area contributed by atoms with Crippen molar-refractivity contribution in [1.29, 1.82) is 0 Å². The number of pyridine rings is 1. The zero-order valence-electron chi connectivity index (χ0n) is 45.2. The van der Waals surface area contributed by atoms with E-state index in [1.165, 1.54) is 38.9 Å². The number of anilines is 2. The number of rotatable bonds is 11. The van der Waals surface area contributed by atoms with Crippen LogP contribution in [0.1, 0.15) is 108 Å². The molecule has 0 N–H and O–H groups in total. The molecule has 6 heteroatoms. The van der Waals surface area contributed by atoms with E-state index in [1.54, 1.807) is 0 Å². The summed E-state index contributed by atoms with van der Waals surface area (Å²) in [6.07, 6.45) is 4.17. The summed E-state index contributed by atoms with van der Waals surface area (Å²) in [6, 6.07) is 77.1. The Morgan fingerprint density at radius 2 is 1.04 bits per heavy atom. The molecule has 0 atom stereocenters. The van der Waals surface area contributed by atoms with Crippen LogP contribution in [-0.2, 0) is 42.7 Å². The van der Waals surface area contributed by atoms with Crippen LogP contribution in [0.2, 0.25) is 0 Å². The number of aromatic nitrogens is 2. The number of ether oxygens (including phenoxy) is 1. The van der Waals surface area contributed by atoms with Gasteiger partial charge in [0.05, 0.1) is 0 Å². The molecule has 1 aliphatic heterocycles. The molecule has 0 radical (unpaired) electrons. The predicted octanol–water partition coefficient (Wildman–Crippen LogP) is 17.9. The summed E-state index contributed by atoms with van der Waals surface area (Å²) in [6.45, 7) is 24.9. The molecule has 0 spiro atoms. The molecular formula is C70H65N4OPt-3. The first-order valence-corrected chi connectivity index (χ1v) is 26.2. The molecule has 384 valence electrons. The van der Waals surface area contributed by atoms with E-state index in [0.717, 1.165) is 55.8 Å². The van der Waals surface area contributed by atoms with Crippen LogP contribution in [-0.4, -0.2) is 9.55 Å². The molecule has 0 saturated carbocycles. The second-order valence-electron chi connectivity index (χ2n) is 23.2. The number of benzene rings is 8. The molecule has 0 saturated heterocycles. The Hall–Kier alpha value is -7.46. The normalized spacial score (nSPS) is 13.3. The molecule has 0 fully saturated rings. The van der Waals surface area contributed by atoms with Crippen molar-refractivity contribution in [1.82, 2.24) is 9.55 Å². The van der Waals surface area contributed by atoms with Gasteiger partial charge in [-0.3, -0.25) is 0 Å². The zero-order chi connectivity index (χ0) is 52.3. The van der Waals surface area contributed by atoms with E-state index in [4.69, 9.17) is 9.72 Å². The zero-order valence-corrected chi connectivity index (χ0v) is 47.5. The van der Waals surface area contributed by atoms with Crippen molar-refractivity contribution in [2.45, 2.75) is 90.9 Å². The number of hydrogen-bond donors (Lipinski definition) is 0. The Labute approximate surface area is 464 Å². The van der Waals surface area contributed by atoms with Gasteiger partial charge in [0.25, 0.3) is 0 Å². The van der Waals surface area contributed by atoms with E-state index in [9.17, 15) is 0 Å². The molecule has 10 aromatic rings. The van der Waals surface area contributed by atoms with Crippen LogP contribution in [0.15, 0.2) is 207 Å². The maximum atomic E-state index is 7.03. The Balaban J connectivity index is 0.00000657. The summed E-state index contributed by atoms with van der Waals surface area (Å²) >= 11 is 0. The Morgan fingerprint density at radius 3 is 1.66 bits per heavy atom. The smallest absolute Gasteiger partial charge is 0.135 e. The largest absolute Gasteiger partial charge is 0.509 e. The summed E-state index contributed by atoms with van der Waals surface area (Å²) in [5.74, 6) is 2.01. The standard InChI is InChI=1S/C70H65N4O.Pt/c1-67(2,3)55-37-50(48-23-15-11-16-24-48)38-57(39-55)72-46-65(49-25-17-12-18-26-49)73(47-72)58-40-56(68(4,5)6)41-60(44-58)75-59-32-33-61-62-42-53(69(7,8)51-27-19-13-20-28-51)31-34-63(62)74(64(61)45-59)66-43-54(35-36-71-66)70(9,10)52-29-21-14-22-30-52;/h11-43,46-47H,1-10H3;/q-3;. The second-order valence-corrected chi connectivity index (χ2v) is 23.2. The quantitative estimate of drug-likeness (QED) is 0.121. The van der Waals surface area contributed by atoms with Gasteiger partial charge in [-0.2, -0.15) is 6.07 Å². The van der Waals surface area contributed by atoms with Gasteiger partial charge in [-0.25, -0.2) is 4.98 Å². The van der Waals surface area contributed by atoms with Crippen LogP contribution in [0.4, 0.5) is 11.4 Å². The number of hydrogen-bond acceptors (Lipinski definition) is 4. The van der Waals surface area contributed by atoms with Crippen LogP contribution >= 0.6 is 0 Å². The summed E-state index contributed by atoms with van der Waals surface area (Å²) < 4.78 is 9.29. The minimum Gasteiger partial charge on any atom is -0.509 e. The fraction of sp³-hybridized carbons (Fsp3) is 0.200. The molecule has 0 unspecified atom stereocenters. The van der Waals surface area contributed by atoms with Crippen LogP contribution in [0.5, 0.6) is 11.5 Å². The molecule has 1 aliphatic rings. The SMILES string of the molecule is CC(C)(C)c1cc(Oc2[c-]c3c(cc2)c2cc(C(C)(C)c4ccccc4)ccc2n3-c2cc(C(C)(C)c3ccccc3)ccn2)[c-]c(N2[CH-]N(c3cc(-c4ccccc4)cc(C(C)(C)C)c3)C=C2c2ccccc2)c1.[Pt]. The molecule has 11 rings (SSSR count).